The van der Waals surface area contributed by atoms with E-state index < -0.39 is 0 Å². The Bertz CT molecular complexity index is 532. The Hall–Kier alpha value is -2.36. The van der Waals surface area contributed by atoms with Crippen molar-refractivity contribution in [1.82, 2.24) is 0 Å². The second kappa shape index (κ2) is 5.52. The van der Waals surface area contributed by atoms with Gasteiger partial charge in [-0.3, -0.25) is 0 Å². The van der Waals surface area contributed by atoms with Gasteiger partial charge in [0.25, 0.3) is 0 Å². The number of nitrogens with one attached hydrogen (secondary N) is 1. The third-order valence-corrected chi connectivity index (χ3v) is 2.97. The topological polar surface area (TPSA) is 61.7 Å². The molecule has 0 aliphatic carbocycles. The molecule has 0 fully saturated rings. The van der Waals surface area contributed by atoms with Gasteiger partial charge in [-0.15, -0.1) is 0 Å². The first-order chi connectivity index (χ1) is 9.11. The molecule has 0 radical (unpaired) electrons. The van der Waals surface area contributed by atoms with E-state index in [0.29, 0.717) is 5.56 Å². The number of benzene rings is 2. The van der Waals surface area contributed by atoms with Gasteiger partial charge in [-0.05, 0) is 43.3 Å². The van der Waals surface area contributed by atoms with E-state index in [2.05, 4.69) is 5.32 Å². The molecule has 0 aliphatic heterocycles. The zero-order valence-corrected chi connectivity index (χ0v) is 10.9. The molecule has 100 valence electrons. The van der Waals surface area contributed by atoms with Crippen LogP contribution in [0, 0.1) is 0 Å². The summed E-state index contributed by atoms with van der Waals surface area (Å²) < 4.78 is 5.09. The second-order valence-corrected chi connectivity index (χ2v) is 4.30. The van der Waals surface area contributed by atoms with Crippen LogP contribution in [0.15, 0.2) is 42.5 Å². The van der Waals surface area contributed by atoms with Crippen LogP contribution in [0.5, 0.6) is 17.2 Å². The Kier molecular flexibility index (Phi) is 3.80. The lowest BCUT2D eigenvalue weighted by molar-refractivity contribution is 0.415. The van der Waals surface area contributed by atoms with Crippen LogP contribution in [0.25, 0.3) is 0 Å². The van der Waals surface area contributed by atoms with Crippen LogP contribution in [0.2, 0.25) is 0 Å². The van der Waals surface area contributed by atoms with Gasteiger partial charge in [0.1, 0.15) is 17.2 Å². The standard InChI is InChI=1S/C15H17NO3/c1-10(15-13(17)4-3-5-14(15)18)16-11-6-8-12(19-2)9-7-11/h3-10,16-18H,1-2H3. The van der Waals surface area contributed by atoms with E-state index in [9.17, 15) is 10.2 Å². The lowest BCUT2D eigenvalue weighted by Crippen LogP contribution is -2.07. The summed E-state index contributed by atoms with van der Waals surface area (Å²) in [7, 11) is 1.62. The van der Waals surface area contributed by atoms with E-state index in [-0.39, 0.29) is 17.5 Å². The minimum absolute atomic E-state index is 0.0773. The Morgan fingerprint density at radius 3 is 2.11 bits per heavy atom. The Balaban J connectivity index is 2.18. The van der Waals surface area contributed by atoms with Gasteiger partial charge in [-0.25, -0.2) is 0 Å². The smallest absolute Gasteiger partial charge is 0.124 e. The lowest BCUT2D eigenvalue weighted by Gasteiger charge is -2.18. The molecule has 0 saturated heterocycles. The molecule has 2 aromatic rings. The normalized spacial score (nSPS) is 11.9. The number of aromatic hydroxyl groups is 2. The quantitative estimate of drug-likeness (QED) is 0.788. The van der Waals surface area contributed by atoms with E-state index in [1.54, 1.807) is 25.3 Å². The third-order valence-electron chi connectivity index (χ3n) is 2.97. The van der Waals surface area contributed by atoms with Crippen LogP contribution in [0.4, 0.5) is 5.69 Å². The van der Waals surface area contributed by atoms with Crippen molar-refractivity contribution in [2.75, 3.05) is 12.4 Å². The van der Waals surface area contributed by atoms with Crippen LogP contribution in [0.3, 0.4) is 0 Å². The molecule has 2 rings (SSSR count). The molecule has 0 heterocycles. The molecule has 4 heteroatoms. The van der Waals surface area contributed by atoms with Crippen molar-refractivity contribution >= 4 is 5.69 Å². The lowest BCUT2D eigenvalue weighted by atomic mass is 10.1. The van der Waals surface area contributed by atoms with Crippen molar-refractivity contribution in [1.29, 1.82) is 0 Å². The van der Waals surface area contributed by atoms with Crippen LogP contribution in [-0.4, -0.2) is 17.3 Å². The van der Waals surface area contributed by atoms with E-state index in [4.69, 9.17) is 4.74 Å². The number of hydrogen-bond acceptors (Lipinski definition) is 4. The van der Waals surface area contributed by atoms with Crippen molar-refractivity contribution in [3.05, 3.63) is 48.0 Å². The summed E-state index contributed by atoms with van der Waals surface area (Å²) in [6.07, 6.45) is 0. The minimum atomic E-state index is -0.213. The molecule has 0 aromatic heterocycles. The SMILES string of the molecule is COc1ccc(NC(C)c2c(O)cccc2O)cc1. The highest BCUT2D eigenvalue weighted by molar-refractivity contribution is 5.52. The number of hydrogen-bond donors (Lipinski definition) is 3. The van der Waals surface area contributed by atoms with Crippen molar-refractivity contribution < 1.29 is 14.9 Å². The van der Waals surface area contributed by atoms with E-state index >= 15 is 0 Å². The van der Waals surface area contributed by atoms with Crippen LogP contribution < -0.4 is 10.1 Å². The zero-order chi connectivity index (χ0) is 13.8. The monoisotopic (exact) mass is 259 g/mol. The summed E-state index contributed by atoms with van der Waals surface area (Å²) in [5, 5.41) is 22.8. The number of methoxy groups -OCH3 is 1. The summed E-state index contributed by atoms with van der Waals surface area (Å²) in [4.78, 5) is 0. The van der Waals surface area contributed by atoms with Gasteiger partial charge in [-0.1, -0.05) is 6.07 Å². The van der Waals surface area contributed by atoms with Crippen molar-refractivity contribution in [3.63, 3.8) is 0 Å². The van der Waals surface area contributed by atoms with Crippen LogP contribution in [0.1, 0.15) is 18.5 Å². The Labute approximate surface area is 112 Å². The summed E-state index contributed by atoms with van der Waals surface area (Å²) in [5.74, 6) is 0.936. The molecule has 0 spiro atoms. The molecule has 0 bridgehead atoms. The molecule has 1 atom stereocenters. The fourth-order valence-corrected chi connectivity index (χ4v) is 1.99. The maximum absolute atomic E-state index is 9.80. The fourth-order valence-electron chi connectivity index (χ4n) is 1.99. The molecular weight excluding hydrogens is 242 g/mol. The number of ether oxygens (including phenoxy) is 1. The van der Waals surface area contributed by atoms with Crippen molar-refractivity contribution in [3.8, 4) is 17.2 Å². The van der Waals surface area contributed by atoms with Gasteiger partial charge in [0.05, 0.1) is 18.7 Å². The van der Waals surface area contributed by atoms with Crippen LogP contribution in [-0.2, 0) is 0 Å². The molecule has 0 amide bonds. The first kappa shape index (κ1) is 13.1. The van der Waals surface area contributed by atoms with Gasteiger partial charge in [0.15, 0.2) is 0 Å². The van der Waals surface area contributed by atoms with Crippen molar-refractivity contribution in [2.24, 2.45) is 0 Å². The largest absolute Gasteiger partial charge is 0.507 e. The molecular formula is C15H17NO3. The average Bonchev–Trinajstić information content (AvgIpc) is 2.39. The summed E-state index contributed by atoms with van der Waals surface area (Å²) in [5.41, 5.74) is 1.37. The molecule has 3 N–H and O–H groups in total. The maximum atomic E-state index is 9.80. The molecule has 19 heavy (non-hydrogen) atoms. The van der Waals surface area contributed by atoms with Gasteiger partial charge in [0, 0.05) is 5.69 Å². The van der Waals surface area contributed by atoms with E-state index in [0.717, 1.165) is 11.4 Å². The highest BCUT2D eigenvalue weighted by Crippen LogP contribution is 2.34. The first-order valence-corrected chi connectivity index (χ1v) is 6.03. The predicted molar refractivity (Wildman–Crippen MR) is 74.8 cm³/mol. The Morgan fingerprint density at radius 1 is 1.00 bits per heavy atom. The number of anilines is 1. The van der Waals surface area contributed by atoms with Gasteiger partial charge in [0.2, 0.25) is 0 Å². The minimum Gasteiger partial charge on any atom is -0.507 e. The average molecular weight is 259 g/mol. The number of rotatable bonds is 4. The highest BCUT2D eigenvalue weighted by Gasteiger charge is 2.14. The zero-order valence-electron chi connectivity index (χ0n) is 10.9. The first-order valence-electron chi connectivity index (χ1n) is 6.03. The second-order valence-electron chi connectivity index (χ2n) is 4.30. The summed E-state index contributed by atoms with van der Waals surface area (Å²) >= 11 is 0. The predicted octanol–water partition coefficient (Wildman–Crippen LogP) is 3.28. The molecule has 0 saturated carbocycles. The van der Waals surface area contributed by atoms with Crippen LogP contribution >= 0.6 is 0 Å². The molecule has 4 nitrogen and oxygen atoms in total. The fraction of sp³-hybridized carbons (Fsp3) is 0.200. The van der Waals surface area contributed by atoms with E-state index in [1.807, 2.05) is 31.2 Å². The summed E-state index contributed by atoms with van der Waals surface area (Å²) in [6.45, 7) is 1.87. The number of phenols is 2. The Morgan fingerprint density at radius 2 is 1.58 bits per heavy atom. The number of phenolic OH excluding ortho intramolecular Hbond substituents is 2. The van der Waals surface area contributed by atoms with Gasteiger partial charge < -0.3 is 20.3 Å². The van der Waals surface area contributed by atoms with Crippen molar-refractivity contribution in [2.45, 2.75) is 13.0 Å². The third kappa shape index (κ3) is 2.91. The van der Waals surface area contributed by atoms with Gasteiger partial charge >= 0.3 is 0 Å². The summed E-state index contributed by atoms with van der Waals surface area (Å²) in [6, 6.07) is 12.0. The molecule has 2 aromatic carbocycles. The highest BCUT2D eigenvalue weighted by atomic mass is 16.5. The maximum Gasteiger partial charge on any atom is 0.124 e. The molecule has 0 aliphatic rings. The molecule has 1 unspecified atom stereocenters. The van der Waals surface area contributed by atoms with Gasteiger partial charge in [-0.2, -0.15) is 0 Å². The van der Waals surface area contributed by atoms with E-state index in [1.165, 1.54) is 0 Å².